The molecule has 1 atom stereocenters. The van der Waals surface area contributed by atoms with Crippen LogP contribution in [0.15, 0.2) is 18.2 Å². The molecule has 1 saturated carbocycles. The highest BCUT2D eigenvalue weighted by Gasteiger charge is 2.36. The van der Waals surface area contributed by atoms with E-state index in [9.17, 15) is 27.2 Å². The SMILES string of the molecule is NC[C@H](C(=O)Nc1ccc(N2CCOCC2=O)cc1C(F)F)N(CC(F)F)C1CCC1. The molecule has 1 aromatic carbocycles. The van der Waals surface area contributed by atoms with Crippen molar-refractivity contribution in [1.82, 2.24) is 4.90 Å². The molecule has 0 aromatic heterocycles. The minimum Gasteiger partial charge on any atom is -0.370 e. The van der Waals surface area contributed by atoms with E-state index in [1.807, 2.05) is 0 Å². The fourth-order valence-electron chi connectivity index (χ4n) is 3.82. The van der Waals surface area contributed by atoms with Gasteiger partial charge < -0.3 is 20.7 Å². The zero-order valence-corrected chi connectivity index (χ0v) is 16.9. The van der Waals surface area contributed by atoms with Crippen molar-refractivity contribution in [1.29, 1.82) is 0 Å². The second-order valence-corrected chi connectivity index (χ2v) is 7.58. The Hall–Kier alpha value is -2.24. The topological polar surface area (TPSA) is 87.9 Å². The number of amides is 2. The Morgan fingerprint density at radius 2 is 2.03 bits per heavy atom. The number of anilines is 2. The molecule has 31 heavy (non-hydrogen) atoms. The molecule has 11 heteroatoms. The van der Waals surface area contributed by atoms with E-state index in [2.05, 4.69) is 5.32 Å². The molecule has 1 aliphatic heterocycles. The van der Waals surface area contributed by atoms with Crippen LogP contribution >= 0.6 is 0 Å². The first-order valence-corrected chi connectivity index (χ1v) is 10.2. The van der Waals surface area contributed by atoms with Crippen molar-refractivity contribution in [2.45, 2.75) is 44.2 Å². The van der Waals surface area contributed by atoms with Gasteiger partial charge in [-0.15, -0.1) is 0 Å². The fraction of sp³-hybridized carbons (Fsp3) is 0.600. The van der Waals surface area contributed by atoms with Crippen LogP contribution in [0.5, 0.6) is 0 Å². The number of morpholine rings is 1. The molecular formula is C20H26F4N4O3. The second kappa shape index (κ2) is 10.4. The van der Waals surface area contributed by atoms with Crippen molar-refractivity contribution in [2.24, 2.45) is 5.73 Å². The van der Waals surface area contributed by atoms with Crippen molar-refractivity contribution in [3.63, 3.8) is 0 Å². The minimum atomic E-state index is -2.92. The number of hydrogen-bond donors (Lipinski definition) is 2. The normalized spacial score (nSPS) is 18.6. The summed E-state index contributed by atoms with van der Waals surface area (Å²) in [5.41, 5.74) is 5.36. The average Bonchev–Trinajstić information content (AvgIpc) is 2.67. The van der Waals surface area contributed by atoms with Crippen LogP contribution in [0.1, 0.15) is 31.3 Å². The number of rotatable bonds is 9. The molecule has 0 radical (unpaired) electrons. The van der Waals surface area contributed by atoms with Gasteiger partial charge in [-0.1, -0.05) is 6.42 Å². The Bertz CT molecular complexity index is 792. The van der Waals surface area contributed by atoms with Gasteiger partial charge in [0.05, 0.1) is 13.2 Å². The molecule has 2 fully saturated rings. The van der Waals surface area contributed by atoms with Gasteiger partial charge in [0.25, 0.3) is 18.8 Å². The van der Waals surface area contributed by atoms with Crippen LogP contribution < -0.4 is 16.0 Å². The molecular weight excluding hydrogens is 420 g/mol. The van der Waals surface area contributed by atoms with Crippen molar-refractivity contribution < 1.29 is 31.9 Å². The Morgan fingerprint density at radius 1 is 1.29 bits per heavy atom. The van der Waals surface area contributed by atoms with Gasteiger partial charge in [0.2, 0.25) is 5.91 Å². The third-order valence-corrected chi connectivity index (χ3v) is 5.64. The van der Waals surface area contributed by atoms with Crippen LogP contribution in [0.25, 0.3) is 0 Å². The van der Waals surface area contributed by atoms with E-state index in [4.69, 9.17) is 10.5 Å². The maximum absolute atomic E-state index is 13.7. The summed E-state index contributed by atoms with van der Waals surface area (Å²) < 4.78 is 58.6. The van der Waals surface area contributed by atoms with Gasteiger partial charge in [-0.05, 0) is 31.0 Å². The van der Waals surface area contributed by atoms with Gasteiger partial charge >= 0.3 is 0 Å². The van der Waals surface area contributed by atoms with E-state index in [1.165, 1.54) is 21.9 Å². The number of benzene rings is 1. The predicted octanol–water partition coefficient (Wildman–Crippen LogP) is 2.37. The molecule has 1 aromatic rings. The van der Waals surface area contributed by atoms with Crippen molar-refractivity contribution in [3.8, 4) is 0 Å². The summed E-state index contributed by atoms with van der Waals surface area (Å²) in [5.74, 6) is -1.07. The summed E-state index contributed by atoms with van der Waals surface area (Å²) >= 11 is 0. The number of nitrogens with one attached hydrogen (secondary N) is 1. The van der Waals surface area contributed by atoms with Gasteiger partial charge in [-0.2, -0.15) is 0 Å². The quantitative estimate of drug-likeness (QED) is 0.569. The number of nitrogens with two attached hydrogens (primary N) is 1. The summed E-state index contributed by atoms with van der Waals surface area (Å²) in [6, 6.07) is 2.63. The monoisotopic (exact) mass is 446 g/mol. The largest absolute Gasteiger partial charge is 0.370 e. The first-order chi connectivity index (χ1) is 14.8. The van der Waals surface area contributed by atoms with E-state index >= 15 is 0 Å². The van der Waals surface area contributed by atoms with Crippen LogP contribution in [0.3, 0.4) is 0 Å². The Kier molecular flexibility index (Phi) is 7.84. The molecule has 3 N–H and O–H groups in total. The Labute approximate surface area is 177 Å². The lowest BCUT2D eigenvalue weighted by atomic mass is 9.90. The molecule has 172 valence electrons. The highest BCUT2D eigenvalue weighted by molar-refractivity contribution is 5.97. The molecule has 1 heterocycles. The van der Waals surface area contributed by atoms with Crippen LogP contribution in [0.4, 0.5) is 28.9 Å². The van der Waals surface area contributed by atoms with Crippen LogP contribution in [0.2, 0.25) is 0 Å². The molecule has 1 saturated heterocycles. The number of nitrogens with zero attached hydrogens (tertiary/aromatic N) is 2. The minimum absolute atomic E-state index is 0.137. The maximum Gasteiger partial charge on any atom is 0.265 e. The Morgan fingerprint density at radius 3 is 2.58 bits per heavy atom. The second-order valence-electron chi connectivity index (χ2n) is 7.58. The highest BCUT2D eigenvalue weighted by Crippen LogP contribution is 2.33. The first-order valence-electron chi connectivity index (χ1n) is 10.2. The molecule has 0 bridgehead atoms. The fourth-order valence-corrected chi connectivity index (χ4v) is 3.82. The third kappa shape index (κ3) is 5.52. The summed E-state index contributed by atoms with van der Waals surface area (Å²) in [4.78, 5) is 27.5. The lowest BCUT2D eigenvalue weighted by Gasteiger charge is -2.41. The summed E-state index contributed by atoms with van der Waals surface area (Å²) in [6.45, 7) is -0.457. The third-order valence-electron chi connectivity index (χ3n) is 5.64. The van der Waals surface area contributed by atoms with E-state index in [1.54, 1.807) is 0 Å². The number of alkyl halides is 4. The molecule has 0 unspecified atom stereocenters. The van der Waals surface area contributed by atoms with E-state index in [-0.39, 0.29) is 49.6 Å². The number of carbonyl (C=O) groups excluding carboxylic acids is 2. The van der Waals surface area contributed by atoms with Crippen LogP contribution in [0, 0.1) is 0 Å². The van der Waals surface area contributed by atoms with E-state index in [0.29, 0.717) is 12.8 Å². The number of carbonyl (C=O) groups is 2. The summed E-state index contributed by atoms with van der Waals surface area (Å²) in [5, 5.41) is 2.43. The summed E-state index contributed by atoms with van der Waals surface area (Å²) in [7, 11) is 0. The lowest BCUT2D eigenvalue weighted by Crippen LogP contribution is -2.56. The first kappa shape index (κ1) is 23.4. The lowest BCUT2D eigenvalue weighted by molar-refractivity contribution is -0.126. The predicted molar refractivity (Wildman–Crippen MR) is 106 cm³/mol. The molecule has 1 aliphatic carbocycles. The van der Waals surface area contributed by atoms with E-state index < -0.39 is 36.9 Å². The van der Waals surface area contributed by atoms with Gasteiger partial charge in [-0.3, -0.25) is 14.5 Å². The number of hydrogen-bond acceptors (Lipinski definition) is 5. The van der Waals surface area contributed by atoms with Crippen LogP contribution in [-0.2, 0) is 14.3 Å². The summed E-state index contributed by atoms with van der Waals surface area (Å²) in [6.07, 6.45) is -3.33. The van der Waals surface area contributed by atoms with Crippen LogP contribution in [-0.4, -0.2) is 68.1 Å². The molecule has 0 spiro atoms. The highest BCUT2D eigenvalue weighted by atomic mass is 19.3. The van der Waals surface area contributed by atoms with Crippen molar-refractivity contribution in [3.05, 3.63) is 23.8 Å². The van der Waals surface area contributed by atoms with Crippen molar-refractivity contribution >= 4 is 23.2 Å². The number of ether oxygens (including phenoxy) is 1. The zero-order valence-electron chi connectivity index (χ0n) is 16.9. The van der Waals surface area contributed by atoms with Gasteiger partial charge in [0, 0.05) is 36.1 Å². The molecule has 2 aliphatic rings. The smallest absolute Gasteiger partial charge is 0.265 e. The standard InChI is InChI=1S/C20H26F4N4O3/c21-17(22)10-28(12-2-1-3-12)16(9-25)20(30)26-15-5-4-13(8-14(15)19(23)24)27-6-7-31-11-18(27)29/h4-5,8,12,16-17,19H,1-3,6-7,9-11,25H2,(H,26,30)/t16-/m1/s1. The van der Waals surface area contributed by atoms with Gasteiger partial charge in [0.15, 0.2) is 0 Å². The maximum atomic E-state index is 13.7. The van der Waals surface area contributed by atoms with Gasteiger partial charge in [-0.25, -0.2) is 17.6 Å². The number of halogens is 4. The Balaban J connectivity index is 1.80. The molecule has 3 rings (SSSR count). The molecule has 7 nitrogen and oxygen atoms in total. The molecule has 2 amide bonds. The van der Waals surface area contributed by atoms with E-state index in [0.717, 1.165) is 12.5 Å². The average molecular weight is 446 g/mol. The van der Waals surface area contributed by atoms with Crippen molar-refractivity contribution in [2.75, 3.05) is 43.1 Å². The van der Waals surface area contributed by atoms with Gasteiger partial charge in [0.1, 0.15) is 12.6 Å². The zero-order chi connectivity index (χ0) is 22.5.